The first-order valence-electron chi connectivity index (χ1n) is 6.40. The van der Waals surface area contributed by atoms with Gasteiger partial charge in [0.2, 0.25) is 5.91 Å². The van der Waals surface area contributed by atoms with Crippen LogP contribution in [0, 0.1) is 5.92 Å². The molecule has 0 atom stereocenters. The summed E-state index contributed by atoms with van der Waals surface area (Å²) in [6.07, 6.45) is 3.15. The van der Waals surface area contributed by atoms with Crippen LogP contribution in [-0.4, -0.2) is 10.9 Å². The van der Waals surface area contributed by atoms with Crippen LogP contribution < -0.4 is 5.32 Å². The lowest BCUT2D eigenvalue weighted by Crippen LogP contribution is -2.14. The van der Waals surface area contributed by atoms with E-state index in [0.29, 0.717) is 17.5 Å². The first-order valence-corrected chi connectivity index (χ1v) is 7.28. The zero-order valence-corrected chi connectivity index (χ0v) is 12.0. The Labute approximate surface area is 117 Å². The van der Waals surface area contributed by atoms with E-state index in [-0.39, 0.29) is 5.91 Å². The lowest BCUT2D eigenvalue weighted by Gasteiger charge is -2.06. The van der Waals surface area contributed by atoms with Crippen LogP contribution in [0.1, 0.15) is 25.0 Å². The predicted octanol–water partition coefficient (Wildman–Crippen LogP) is 3.52. The molecule has 0 spiro atoms. The first-order chi connectivity index (χ1) is 9.13. The summed E-state index contributed by atoms with van der Waals surface area (Å²) in [6, 6.07) is 8.26. The summed E-state index contributed by atoms with van der Waals surface area (Å²) in [4.78, 5) is 15.8. The Kier molecular flexibility index (Phi) is 4.68. The number of amides is 1. The number of carbonyl (C=O) groups excluding carboxylic acids is 1. The summed E-state index contributed by atoms with van der Waals surface area (Å²) in [5, 5.41) is 5.28. The molecule has 100 valence electrons. The van der Waals surface area contributed by atoms with Crippen molar-refractivity contribution in [2.45, 2.75) is 26.7 Å². The van der Waals surface area contributed by atoms with E-state index < -0.39 is 0 Å². The van der Waals surface area contributed by atoms with Gasteiger partial charge in [0.25, 0.3) is 0 Å². The number of benzene rings is 1. The fraction of sp³-hybridized carbons (Fsp3) is 0.333. The molecule has 0 saturated heterocycles. The zero-order valence-electron chi connectivity index (χ0n) is 11.2. The lowest BCUT2D eigenvalue weighted by atomic mass is 10.0. The number of rotatable bonds is 5. The van der Waals surface area contributed by atoms with Gasteiger partial charge < -0.3 is 5.32 Å². The number of thiazole rings is 1. The van der Waals surface area contributed by atoms with Gasteiger partial charge >= 0.3 is 0 Å². The van der Waals surface area contributed by atoms with Crippen molar-refractivity contribution in [3.05, 3.63) is 47.0 Å². The smallest absolute Gasteiger partial charge is 0.230 e. The quantitative estimate of drug-likeness (QED) is 0.906. The van der Waals surface area contributed by atoms with Crippen LogP contribution >= 0.6 is 11.3 Å². The highest BCUT2D eigenvalue weighted by Crippen LogP contribution is 2.13. The molecule has 1 aromatic carbocycles. The second-order valence-corrected chi connectivity index (χ2v) is 5.87. The van der Waals surface area contributed by atoms with E-state index in [0.717, 1.165) is 12.0 Å². The van der Waals surface area contributed by atoms with Crippen LogP contribution in [0.25, 0.3) is 0 Å². The number of nitrogens with one attached hydrogen (secondary N) is 1. The molecule has 0 saturated carbocycles. The van der Waals surface area contributed by atoms with Gasteiger partial charge in [0.05, 0.1) is 6.42 Å². The highest BCUT2D eigenvalue weighted by Gasteiger charge is 2.06. The van der Waals surface area contributed by atoms with E-state index in [1.54, 1.807) is 6.20 Å². The molecule has 3 nitrogen and oxygen atoms in total. The second kappa shape index (κ2) is 6.48. The van der Waals surface area contributed by atoms with Crippen molar-refractivity contribution in [2.75, 3.05) is 5.32 Å². The maximum Gasteiger partial charge on any atom is 0.230 e. The normalized spacial score (nSPS) is 10.7. The number of aromatic nitrogens is 1. The third-order valence-electron chi connectivity index (χ3n) is 2.71. The summed E-state index contributed by atoms with van der Waals surface area (Å²) in [6.45, 7) is 4.41. The monoisotopic (exact) mass is 274 g/mol. The minimum absolute atomic E-state index is 0.0217. The summed E-state index contributed by atoms with van der Waals surface area (Å²) in [5.41, 5.74) is 2.35. The van der Waals surface area contributed by atoms with Gasteiger partial charge in [-0.25, -0.2) is 4.98 Å². The van der Waals surface area contributed by atoms with Crippen molar-refractivity contribution in [3.8, 4) is 0 Å². The van der Waals surface area contributed by atoms with Crippen LogP contribution in [-0.2, 0) is 17.6 Å². The molecule has 1 aromatic heterocycles. The van der Waals surface area contributed by atoms with E-state index in [1.807, 2.05) is 17.5 Å². The molecule has 1 amide bonds. The minimum atomic E-state index is -0.0217. The molecular formula is C15H18N2OS. The van der Waals surface area contributed by atoms with Crippen molar-refractivity contribution < 1.29 is 4.79 Å². The number of anilines is 1. The van der Waals surface area contributed by atoms with Gasteiger partial charge in [0, 0.05) is 11.6 Å². The molecule has 2 rings (SSSR count). The van der Waals surface area contributed by atoms with E-state index in [9.17, 15) is 4.79 Å². The molecule has 1 N–H and O–H groups in total. The highest BCUT2D eigenvalue weighted by molar-refractivity contribution is 7.13. The van der Waals surface area contributed by atoms with Gasteiger partial charge in [-0.2, -0.15) is 0 Å². The molecule has 1 heterocycles. The highest BCUT2D eigenvalue weighted by atomic mass is 32.1. The van der Waals surface area contributed by atoms with E-state index in [1.165, 1.54) is 16.9 Å². The fourth-order valence-corrected chi connectivity index (χ4v) is 2.44. The van der Waals surface area contributed by atoms with Crippen molar-refractivity contribution in [1.29, 1.82) is 0 Å². The molecule has 0 aliphatic heterocycles. The Morgan fingerprint density at radius 3 is 2.53 bits per heavy atom. The van der Waals surface area contributed by atoms with Crippen LogP contribution in [0.5, 0.6) is 0 Å². The maximum atomic E-state index is 11.8. The molecule has 0 bridgehead atoms. The molecule has 4 heteroatoms. The summed E-state index contributed by atoms with van der Waals surface area (Å²) < 4.78 is 0. The van der Waals surface area contributed by atoms with Gasteiger partial charge in [-0.15, -0.1) is 11.3 Å². The SMILES string of the molecule is CC(C)Cc1ccc(CC(=O)Nc2nccs2)cc1. The minimum Gasteiger partial charge on any atom is -0.302 e. The van der Waals surface area contributed by atoms with Crippen molar-refractivity contribution >= 4 is 22.4 Å². The lowest BCUT2D eigenvalue weighted by molar-refractivity contribution is -0.115. The van der Waals surface area contributed by atoms with Crippen LogP contribution in [0.2, 0.25) is 0 Å². The predicted molar refractivity (Wildman–Crippen MR) is 79.4 cm³/mol. The Morgan fingerprint density at radius 2 is 1.95 bits per heavy atom. The van der Waals surface area contributed by atoms with Crippen molar-refractivity contribution in [3.63, 3.8) is 0 Å². The molecule has 0 fully saturated rings. The topological polar surface area (TPSA) is 42.0 Å². The van der Waals surface area contributed by atoms with Gasteiger partial charge in [0.15, 0.2) is 5.13 Å². The van der Waals surface area contributed by atoms with Crippen molar-refractivity contribution in [1.82, 2.24) is 4.98 Å². The molecule has 19 heavy (non-hydrogen) atoms. The summed E-state index contributed by atoms with van der Waals surface area (Å²) in [7, 11) is 0. The Balaban J connectivity index is 1.90. The van der Waals surface area contributed by atoms with E-state index >= 15 is 0 Å². The number of nitrogens with zero attached hydrogens (tertiary/aromatic N) is 1. The number of hydrogen-bond donors (Lipinski definition) is 1. The summed E-state index contributed by atoms with van der Waals surface area (Å²) in [5.74, 6) is 0.630. The third-order valence-corrected chi connectivity index (χ3v) is 3.40. The summed E-state index contributed by atoms with van der Waals surface area (Å²) >= 11 is 1.43. The largest absolute Gasteiger partial charge is 0.302 e. The van der Waals surface area contributed by atoms with E-state index in [2.05, 4.69) is 36.3 Å². The van der Waals surface area contributed by atoms with Crippen molar-refractivity contribution in [2.24, 2.45) is 5.92 Å². The number of carbonyl (C=O) groups is 1. The van der Waals surface area contributed by atoms with Crippen LogP contribution in [0.15, 0.2) is 35.8 Å². The van der Waals surface area contributed by atoms with Gasteiger partial charge in [-0.05, 0) is 23.5 Å². The van der Waals surface area contributed by atoms with Crippen LogP contribution in [0.3, 0.4) is 0 Å². The van der Waals surface area contributed by atoms with Gasteiger partial charge in [-0.3, -0.25) is 4.79 Å². The Hall–Kier alpha value is -1.68. The first kappa shape index (κ1) is 13.7. The molecule has 0 aliphatic rings. The molecular weight excluding hydrogens is 256 g/mol. The van der Waals surface area contributed by atoms with Crippen LogP contribution in [0.4, 0.5) is 5.13 Å². The van der Waals surface area contributed by atoms with E-state index in [4.69, 9.17) is 0 Å². The molecule has 2 aromatic rings. The maximum absolute atomic E-state index is 11.8. The Bertz CT molecular complexity index is 518. The standard InChI is InChI=1S/C15H18N2OS/c1-11(2)9-12-3-5-13(6-4-12)10-14(18)17-15-16-7-8-19-15/h3-8,11H,9-10H2,1-2H3,(H,16,17,18). The van der Waals surface area contributed by atoms with Gasteiger partial charge in [0.1, 0.15) is 0 Å². The average Bonchev–Trinajstić information content (AvgIpc) is 2.83. The average molecular weight is 274 g/mol. The molecule has 0 radical (unpaired) electrons. The third kappa shape index (κ3) is 4.48. The zero-order chi connectivity index (χ0) is 13.7. The molecule has 0 aliphatic carbocycles. The second-order valence-electron chi connectivity index (χ2n) is 4.98. The Morgan fingerprint density at radius 1 is 1.26 bits per heavy atom. The fourth-order valence-electron chi connectivity index (χ4n) is 1.90. The molecule has 0 unspecified atom stereocenters. The number of hydrogen-bond acceptors (Lipinski definition) is 3. The van der Waals surface area contributed by atoms with Gasteiger partial charge in [-0.1, -0.05) is 38.1 Å².